The van der Waals surface area contributed by atoms with Crippen LogP contribution in [0.3, 0.4) is 0 Å². The first-order valence-corrected chi connectivity index (χ1v) is 20.3. The lowest BCUT2D eigenvalue weighted by Crippen LogP contribution is -2.61. The molecule has 3 saturated heterocycles. The van der Waals surface area contributed by atoms with E-state index in [0.717, 1.165) is 6.54 Å². The Kier molecular flexibility index (Phi) is 16.3. The van der Waals surface area contributed by atoms with Crippen molar-refractivity contribution in [2.45, 2.75) is 200 Å². The molecule has 3 aliphatic heterocycles. The van der Waals surface area contributed by atoms with E-state index in [1.807, 2.05) is 39.8 Å². The summed E-state index contributed by atoms with van der Waals surface area (Å²) >= 11 is 0. The summed E-state index contributed by atoms with van der Waals surface area (Å²) in [6.07, 6.45) is -8.59. The maximum atomic E-state index is 14.2. The first kappa shape index (κ1) is 48.4. The molecule has 3 rings (SSSR count). The summed E-state index contributed by atoms with van der Waals surface area (Å²) in [4.78, 5) is 18.2. The average molecular weight is 791 g/mol. The van der Waals surface area contributed by atoms with Crippen molar-refractivity contribution in [3.63, 3.8) is 0 Å². The molecule has 0 unspecified atom stereocenters. The first-order valence-electron chi connectivity index (χ1n) is 20.3. The zero-order chi connectivity index (χ0) is 42.2. The number of aliphatic hydroxyl groups excluding tert-OH is 3. The summed E-state index contributed by atoms with van der Waals surface area (Å²) in [7, 11) is 5.33. The van der Waals surface area contributed by atoms with E-state index < -0.39 is 96.0 Å². The highest BCUT2D eigenvalue weighted by molar-refractivity contribution is 5.73. The number of carbonyl (C=O) groups is 1. The molecule has 0 aliphatic carbocycles. The Morgan fingerprint density at radius 2 is 1.53 bits per heavy atom. The van der Waals surface area contributed by atoms with Crippen LogP contribution in [-0.2, 0) is 33.2 Å². The maximum Gasteiger partial charge on any atom is 0.311 e. The van der Waals surface area contributed by atoms with Crippen LogP contribution in [0.5, 0.6) is 0 Å². The molecule has 0 aromatic rings. The Morgan fingerprint density at radius 3 is 2.09 bits per heavy atom. The number of carbonyl (C=O) groups excluding carboxylic acids is 1. The third kappa shape index (κ3) is 11.6. The molecule has 14 nitrogen and oxygen atoms in total. The van der Waals surface area contributed by atoms with E-state index in [-0.39, 0.29) is 36.3 Å². The lowest BCUT2D eigenvalue weighted by Gasteiger charge is -2.49. The van der Waals surface area contributed by atoms with E-state index >= 15 is 0 Å². The summed E-state index contributed by atoms with van der Waals surface area (Å²) < 4.78 is 37.7. The maximum absolute atomic E-state index is 14.2. The summed E-state index contributed by atoms with van der Waals surface area (Å²) in [6.45, 7) is 25.0. The second kappa shape index (κ2) is 18.5. The van der Waals surface area contributed by atoms with Gasteiger partial charge < -0.3 is 63.8 Å². The predicted molar refractivity (Wildman–Crippen MR) is 208 cm³/mol. The standard InChI is InChI=1S/C41H78N2O12/c1-22-18-39(11,48)35(55-37-31(44)29(17-23(2)51-37)43(15)21-38(8,9)10)24(3)32(54-30-19-40(12,50-16)34(46)27(6)52-30)25(4)36(47)53-28(7)41(13,49)33(45)26(5)42(14)20-22/h22-35,37,44-46,48-49H,17-21H2,1-16H3/t22-,23-,24+,25-,26-,27+,28-,29+,30+,31-,32+,33-,34+,35-,37+,39-,40-,41-/m1/s1. The number of nitrogens with zero attached hydrogens (tertiary/aromatic N) is 2. The number of methoxy groups -OCH3 is 1. The van der Waals surface area contributed by atoms with Gasteiger partial charge in [0.25, 0.3) is 0 Å². The van der Waals surface area contributed by atoms with Crippen LogP contribution in [0.2, 0.25) is 0 Å². The van der Waals surface area contributed by atoms with Crippen LogP contribution < -0.4 is 0 Å². The molecule has 0 aromatic carbocycles. The molecule has 3 aliphatic rings. The van der Waals surface area contributed by atoms with E-state index in [9.17, 15) is 30.3 Å². The van der Waals surface area contributed by atoms with Gasteiger partial charge in [-0.1, -0.05) is 34.6 Å². The molecule has 55 heavy (non-hydrogen) atoms. The number of hydrogen-bond acceptors (Lipinski definition) is 14. The number of ether oxygens (including phenoxy) is 6. The summed E-state index contributed by atoms with van der Waals surface area (Å²) in [6, 6.07) is -0.834. The molecule has 0 aromatic heterocycles. The average Bonchev–Trinajstić information content (AvgIpc) is 3.06. The van der Waals surface area contributed by atoms with Crippen molar-refractivity contribution >= 4 is 5.97 Å². The Hall–Kier alpha value is -1.01. The van der Waals surface area contributed by atoms with Crippen molar-refractivity contribution in [3.05, 3.63) is 0 Å². The molecular weight excluding hydrogens is 712 g/mol. The van der Waals surface area contributed by atoms with E-state index in [2.05, 4.69) is 25.7 Å². The van der Waals surface area contributed by atoms with Gasteiger partial charge in [-0.05, 0) is 93.7 Å². The fraction of sp³-hybridized carbons (Fsp3) is 0.976. The van der Waals surface area contributed by atoms with Crippen molar-refractivity contribution in [1.82, 2.24) is 9.80 Å². The molecule has 324 valence electrons. The Bertz CT molecular complexity index is 1230. The van der Waals surface area contributed by atoms with Gasteiger partial charge in [0.05, 0.1) is 41.5 Å². The molecule has 14 heteroatoms. The van der Waals surface area contributed by atoms with Crippen molar-refractivity contribution in [2.24, 2.45) is 23.2 Å². The molecule has 0 saturated carbocycles. The summed E-state index contributed by atoms with van der Waals surface area (Å²) in [5.74, 6) is -2.63. The number of cyclic esters (lactones) is 1. The van der Waals surface area contributed by atoms with Gasteiger partial charge in [0.15, 0.2) is 12.6 Å². The van der Waals surface area contributed by atoms with Crippen LogP contribution in [-0.4, -0.2) is 166 Å². The molecule has 0 spiro atoms. The minimum absolute atomic E-state index is 0.0285. The fourth-order valence-electron chi connectivity index (χ4n) is 9.11. The minimum atomic E-state index is -1.81. The number of hydrogen-bond donors (Lipinski definition) is 5. The highest BCUT2D eigenvalue weighted by Crippen LogP contribution is 2.40. The lowest BCUT2D eigenvalue weighted by molar-refractivity contribution is -0.318. The highest BCUT2D eigenvalue weighted by Gasteiger charge is 2.52. The van der Waals surface area contributed by atoms with E-state index in [1.54, 1.807) is 41.5 Å². The van der Waals surface area contributed by atoms with Gasteiger partial charge in [0, 0.05) is 44.6 Å². The first-order chi connectivity index (χ1) is 25.1. The van der Waals surface area contributed by atoms with Gasteiger partial charge in [-0.15, -0.1) is 0 Å². The molecule has 0 bridgehead atoms. The number of rotatable bonds is 7. The van der Waals surface area contributed by atoms with Crippen LogP contribution in [0, 0.1) is 23.2 Å². The smallest absolute Gasteiger partial charge is 0.311 e. The fourth-order valence-corrected chi connectivity index (χ4v) is 9.11. The van der Waals surface area contributed by atoms with Crippen LogP contribution in [0.1, 0.15) is 109 Å². The zero-order valence-corrected chi connectivity index (χ0v) is 36.7. The van der Waals surface area contributed by atoms with Crippen LogP contribution in [0.15, 0.2) is 0 Å². The van der Waals surface area contributed by atoms with Gasteiger partial charge in [0.2, 0.25) is 0 Å². The van der Waals surface area contributed by atoms with Gasteiger partial charge in [-0.25, -0.2) is 0 Å². The second-order valence-electron chi connectivity index (χ2n) is 19.4. The SMILES string of the molecule is CO[C@]1(C)C[C@H](O[C@H]2[C@H](C)[C@@H](O[C@@H]3O[C@H](C)C[C@H](N(C)CC(C)(C)C)[C@H]3O)[C@](C)(O)C[C@@H](C)CN(C)[C@H](C)[C@@H](O)[C@](C)(O)[C@@H](C)OC(=O)[C@@H]2C)O[C@@H](C)[C@@H]1O. The number of likely N-dealkylation sites (N-methyl/N-ethyl adjacent to an activating group) is 2. The van der Waals surface area contributed by atoms with Crippen LogP contribution in [0.25, 0.3) is 0 Å². The predicted octanol–water partition coefficient (Wildman–Crippen LogP) is 2.93. The van der Waals surface area contributed by atoms with Crippen molar-refractivity contribution < 1.29 is 58.7 Å². The summed E-state index contributed by atoms with van der Waals surface area (Å²) in [5, 5.41) is 58.5. The third-order valence-corrected chi connectivity index (χ3v) is 12.7. The Balaban J connectivity index is 2.16. The van der Waals surface area contributed by atoms with Gasteiger partial charge in [-0.2, -0.15) is 0 Å². The minimum Gasteiger partial charge on any atom is -0.459 e. The molecule has 5 N–H and O–H groups in total. The summed E-state index contributed by atoms with van der Waals surface area (Å²) in [5.41, 5.74) is -4.44. The lowest BCUT2D eigenvalue weighted by atomic mass is 9.77. The van der Waals surface area contributed by atoms with E-state index in [4.69, 9.17) is 28.4 Å². The van der Waals surface area contributed by atoms with Gasteiger partial charge in [-0.3, -0.25) is 4.79 Å². The van der Waals surface area contributed by atoms with Gasteiger partial charge in [0.1, 0.15) is 30.0 Å². The second-order valence-corrected chi connectivity index (χ2v) is 19.4. The van der Waals surface area contributed by atoms with Crippen LogP contribution >= 0.6 is 0 Å². The van der Waals surface area contributed by atoms with E-state index in [1.165, 1.54) is 14.0 Å². The van der Waals surface area contributed by atoms with E-state index in [0.29, 0.717) is 13.0 Å². The van der Waals surface area contributed by atoms with Crippen LogP contribution in [0.4, 0.5) is 0 Å². The van der Waals surface area contributed by atoms with Gasteiger partial charge >= 0.3 is 5.97 Å². The molecule has 3 fully saturated rings. The largest absolute Gasteiger partial charge is 0.459 e. The van der Waals surface area contributed by atoms with Crippen molar-refractivity contribution in [3.8, 4) is 0 Å². The Morgan fingerprint density at radius 1 is 0.927 bits per heavy atom. The Labute approximate surface area is 331 Å². The molecular formula is C41H78N2O12. The highest BCUT2D eigenvalue weighted by atomic mass is 16.7. The molecule has 18 atom stereocenters. The van der Waals surface area contributed by atoms with Crippen molar-refractivity contribution in [1.29, 1.82) is 0 Å². The van der Waals surface area contributed by atoms with Crippen molar-refractivity contribution in [2.75, 3.05) is 34.3 Å². The number of aliphatic hydroxyl groups is 5. The number of esters is 1. The molecule has 0 amide bonds. The topological polar surface area (TPSA) is 180 Å². The zero-order valence-electron chi connectivity index (χ0n) is 36.7. The molecule has 0 radical (unpaired) electrons. The monoisotopic (exact) mass is 791 g/mol. The quantitative estimate of drug-likeness (QED) is 0.238. The normalized spacial score (nSPS) is 47.9. The third-order valence-electron chi connectivity index (χ3n) is 12.7. The molecule has 3 heterocycles.